The van der Waals surface area contributed by atoms with E-state index in [9.17, 15) is 0 Å². The summed E-state index contributed by atoms with van der Waals surface area (Å²) >= 11 is 0. The molecular weight excluding hydrogens is 114 g/mol. The Hall–Kier alpha value is -0.0800. The zero-order valence-electron chi connectivity index (χ0n) is 5.97. The highest BCUT2D eigenvalue weighted by molar-refractivity contribution is 4.67. The van der Waals surface area contributed by atoms with Gasteiger partial charge in [-0.25, -0.2) is 0 Å². The van der Waals surface area contributed by atoms with E-state index in [4.69, 9.17) is 10.5 Å². The molecule has 1 aliphatic rings. The zero-order chi connectivity index (χ0) is 6.69. The highest BCUT2D eigenvalue weighted by Crippen LogP contribution is 2.17. The van der Waals surface area contributed by atoms with Gasteiger partial charge in [0, 0.05) is 6.54 Å². The van der Waals surface area contributed by atoms with Crippen LogP contribution in [0.2, 0.25) is 0 Å². The molecule has 2 nitrogen and oxygen atoms in total. The molecule has 0 aromatic heterocycles. The fourth-order valence-corrected chi connectivity index (χ4v) is 1.27. The predicted octanol–water partition coefficient (Wildman–Crippen LogP) is 0.903. The Morgan fingerprint density at radius 3 is 2.78 bits per heavy atom. The lowest BCUT2D eigenvalue weighted by molar-refractivity contribution is -0.0341. The minimum Gasteiger partial charge on any atom is -0.374 e. The van der Waals surface area contributed by atoms with Gasteiger partial charge in [0.25, 0.3) is 0 Å². The van der Waals surface area contributed by atoms with E-state index >= 15 is 0 Å². The largest absolute Gasteiger partial charge is 0.374 e. The van der Waals surface area contributed by atoms with Gasteiger partial charge >= 0.3 is 0 Å². The number of ether oxygens (including phenoxy) is 1. The molecule has 0 aromatic rings. The highest BCUT2D eigenvalue weighted by Gasteiger charge is 2.16. The van der Waals surface area contributed by atoms with E-state index in [1.165, 1.54) is 12.8 Å². The average Bonchev–Trinajstić information content (AvgIpc) is 1.88. The molecule has 1 fully saturated rings. The van der Waals surface area contributed by atoms with Gasteiger partial charge in [-0.3, -0.25) is 0 Å². The lowest BCUT2D eigenvalue weighted by atomic mass is 10.1. The molecule has 1 saturated heterocycles. The van der Waals surface area contributed by atoms with Crippen molar-refractivity contribution in [3.05, 3.63) is 0 Å². The number of rotatable bonds is 1. The first kappa shape index (κ1) is 7.03. The van der Waals surface area contributed by atoms with Crippen LogP contribution in [0.25, 0.3) is 0 Å². The quantitative estimate of drug-likeness (QED) is 0.571. The molecular formula is C7H15NO. The van der Waals surface area contributed by atoms with E-state index in [1.807, 2.05) is 0 Å². The van der Waals surface area contributed by atoms with Crippen molar-refractivity contribution in [3.63, 3.8) is 0 Å². The highest BCUT2D eigenvalue weighted by atomic mass is 16.5. The summed E-state index contributed by atoms with van der Waals surface area (Å²) in [5.74, 6) is 0. The second kappa shape index (κ2) is 3.18. The SMILES string of the molecule is C[C@@H]1CCC[C@@H](CN)O1. The maximum Gasteiger partial charge on any atom is 0.0700 e. The molecule has 2 atom stereocenters. The molecule has 1 heterocycles. The minimum atomic E-state index is 0.341. The first-order valence-corrected chi connectivity index (χ1v) is 3.68. The number of hydrogen-bond donors (Lipinski definition) is 1. The molecule has 1 aliphatic heterocycles. The standard InChI is InChI=1S/C7H15NO/c1-6-3-2-4-7(5-8)9-6/h6-7H,2-5,8H2,1H3/t6-,7+/m1/s1. The Bertz CT molecular complexity index is 85.0. The summed E-state index contributed by atoms with van der Waals surface area (Å²) in [7, 11) is 0. The van der Waals surface area contributed by atoms with Gasteiger partial charge in [0.1, 0.15) is 0 Å². The van der Waals surface area contributed by atoms with Crippen LogP contribution in [-0.2, 0) is 4.74 Å². The summed E-state index contributed by atoms with van der Waals surface area (Å²) in [5, 5.41) is 0. The van der Waals surface area contributed by atoms with Crippen molar-refractivity contribution < 1.29 is 4.74 Å². The van der Waals surface area contributed by atoms with Gasteiger partial charge in [-0.2, -0.15) is 0 Å². The number of nitrogens with two attached hydrogens (primary N) is 1. The van der Waals surface area contributed by atoms with Crippen LogP contribution in [0.5, 0.6) is 0 Å². The molecule has 0 unspecified atom stereocenters. The third kappa shape index (κ3) is 1.95. The first-order chi connectivity index (χ1) is 4.33. The summed E-state index contributed by atoms with van der Waals surface area (Å²) in [6, 6.07) is 0. The summed E-state index contributed by atoms with van der Waals surface area (Å²) < 4.78 is 5.51. The van der Waals surface area contributed by atoms with Crippen LogP contribution in [-0.4, -0.2) is 18.8 Å². The van der Waals surface area contributed by atoms with E-state index in [2.05, 4.69) is 6.92 Å². The summed E-state index contributed by atoms with van der Waals surface area (Å²) in [4.78, 5) is 0. The van der Waals surface area contributed by atoms with E-state index in [1.54, 1.807) is 0 Å². The zero-order valence-corrected chi connectivity index (χ0v) is 5.97. The van der Waals surface area contributed by atoms with Crippen molar-refractivity contribution in [1.82, 2.24) is 0 Å². The molecule has 9 heavy (non-hydrogen) atoms. The second-order valence-corrected chi connectivity index (χ2v) is 2.74. The first-order valence-electron chi connectivity index (χ1n) is 3.68. The third-order valence-electron chi connectivity index (χ3n) is 1.82. The van der Waals surface area contributed by atoms with Gasteiger partial charge in [-0.15, -0.1) is 0 Å². The third-order valence-corrected chi connectivity index (χ3v) is 1.82. The van der Waals surface area contributed by atoms with Crippen molar-refractivity contribution in [3.8, 4) is 0 Å². The summed E-state index contributed by atoms with van der Waals surface area (Å²) in [5.41, 5.74) is 5.44. The Kier molecular flexibility index (Phi) is 2.49. The Morgan fingerprint density at radius 1 is 1.56 bits per heavy atom. The molecule has 2 heteroatoms. The topological polar surface area (TPSA) is 35.2 Å². The Labute approximate surface area is 56.4 Å². The van der Waals surface area contributed by atoms with Crippen molar-refractivity contribution in [1.29, 1.82) is 0 Å². The van der Waals surface area contributed by atoms with Crippen molar-refractivity contribution >= 4 is 0 Å². The minimum absolute atomic E-state index is 0.341. The second-order valence-electron chi connectivity index (χ2n) is 2.74. The van der Waals surface area contributed by atoms with Crippen molar-refractivity contribution in [2.75, 3.05) is 6.54 Å². The van der Waals surface area contributed by atoms with Crippen molar-refractivity contribution in [2.45, 2.75) is 38.4 Å². The summed E-state index contributed by atoms with van der Waals surface area (Å²) in [6.07, 6.45) is 4.42. The normalized spacial score (nSPS) is 36.7. The smallest absolute Gasteiger partial charge is 0.0700 e. The molecule has 0 spiro atoms. The fourth-order valence-electron chi connectivity index (χ4n) is 1.27. The average molecular weight is 129 g/mol. The molecule has 0 aromatic carbocycles. The van der Waals surface area contributed by atoms with Crippen LogP contribution in [0.3, 0.4) is 0 Å². The summed E-state index contributed by atoms with van der Waals surface area (Å²) in [6.45, 7) is 2.80. The van der Waals surface area contributed by atoms with Gasteiger partial charge in [0.2, 0.25) is 0 Å². The van der Waals surface area contributed by atoms with Gasteiger partial charge in [-0.05, 0) is 26.2 Å². The van der Waals surface area contributed by atoms with Crippen LogP contribution in [0.15, 0.2) is 0 Å². The molecule has 0 aliphatic carbocycles. The van der Waals surface area contributed by atoms with Gasteiger partial charge in [-0.1, -0.05) is 0 Å². The monoisotopic (exact) mass is 129 g/mol. The maximum absolute atomic E-state index is 5.51. The lowest BCUT2D eigenvalue weighted by Gasteiger charge is -2.26. The van der Waals surface area contributed by atoms with E-state index in [0.717, 1.165) is 6.42 Å². The molecule has 1 rings (SSSR count). The van der Waals surface area contributed by atoms with Gasteiger partial charge < -0.3 is 10.5 Å². The van der Waals surface area contributed by atoms with E-state index in [-0.39, 0.29) is 0 Å². The van der Waals surface area contributed by atoms with Crippen molar-refractivity contribution in [2.24, 2.45) is 5.73 Å². The van der Waals surface area contributed by atoms with Crippen LogP contribution >= 0.6 is 0 Å². The molecule has 0 radical (unpaired) electrons. The molecule has 2 N–H and O–H groups in total. The molecule has 0 amide bonds. The molecule has 54 valence electrons. The Morgan fingerprint density at radius 2 is 2.33 bits per heavy atom. The predicted molar refractivity (Wildman–Crippen MR) is 37.2 cm³/mol. The lowest BCUT2D eigenvalue weighted by Crippen LogP contribution is -2.31. The van der Waals surface area contributed by atoms with Crippen LogP contribution in [0, 0.1) is 0 Å². The van der Waals surface area contributed by atoms with E-state index in [0.29, 0.717) is 18.8 Å². The maximum atomic E-state index is 5.51. The van der Waals surface area contributed by atoms with E-state index < -0.39 is 0 Å². The fraction of sp³-hybridized carbons (Fsp3) is 1.00. The molecule has 0 saturated carbocycles. The van der Waals surface area contributed by atoms with Crippen LogP contribution < -0.4 is 5.73 Å². The molecule has 0 bridgehead atoms. The van der Waals surface area contributed by atoms with Gasteiger partial charge in [0.15, 0.2) is 0 Å². The Balaban J connectivity index is 2.23. The van der Waals surface area contributed by atoms with Gasteiger partial charge in [0.05, 0.1) is 12.2 Å². The van der Waals surface area contributed by atoms with Crippen LogP contribution in [0.4, 0.5) is 0 Å². The number of hydrogen-bond acceptors (Lipinski definition) is 2. The van der Waals surface area contributed by atoms with Crippen LogP contribution in [0.1, 0.15) is 26.2 Å².